The minimum atomic E-state index is 0.685. The molecule has 0 radical (unpaired) electrons. The van der Waals surface area contributed by atoms with E-state index in [1.54, 1.807) is 0 Å². The third-order valence-electron chi connectivity index (χ3n) is 3.81. The lowest BCUT2D eigenvalue weighted by Crippen LogP contribution is -2.35. The van der Waals surface area contributed by atoms with Crippen molar-refractivity contribution in [3.63, 3.8) is 0 Å². The third kappa shape index (κ3) is 3.89. The molecule has 0 unspecified atom stereocenters. The molecule has 1 aliphatic heterocycles. The molecule has 0 spiro atoms. The average Bonchev–Trinajstić information content (AvgIpc) is 2.42. The summed E-state index contributed by atoms with van der Waals surface area (Å²) in [5.74, 6) is 0.685. The van der Waals surface area contributed by atoms with Crippen LogP contribution in [-0.4, -0.2) is 45.2 Å². The van der Waals surface area contributed by atoms with Crippen molar-refractivity contribution in [2.24, 2.45) is 5.92 Å². The number of rotatable bonds is 6. The first-order valence-electron chi connectivity index (χ1n) is 7.83. The minimum Gasteiger partial charge on any atom is -0.385 e. The van der Waals surface area contributed by atoms with Crippen molar-refractivity contribution in [3.8, 4) is 0 Å². The van der Waals surface area contributed by atoms with Gasteiger partial charge in [-0.3, -0.25) is 0 Å². The summed E-state index contributed by atoms with van der Waals surface area (Å²) in [6, 6.07) is 6.71. The first-order valence-corrected chi connectivity index (χ1v) is 7.83. The van der Waals surface area contributed by atoms with Gasteiger partial charge in [0.2, 0.25) is 0 Å². The van der Waals surface area contributed by atoms with Gasteiger partial charge in [-0.25, -0.2) is 0 Å². The Morgan fingerprint density at radius 2 is 2.00 bits per heavy atom. The van der Waals surface area contributed by atoms with Crippen LogP contribution < -0.4 is 10.2 Å². The van der Waals surface area contributed by atoms with Crippen molar-refractivity contribution in [1.29, 1.82) is 0 Å². The molecule has 0 atom stereocenters. The second-order valence-corrected chi connectivity index (χ2v) is 6.48. The van der Waals surface area contributed by atoms with Gasteiger partial charge in [-0.05, 0) is 50.6 Å². The van der Waals surface area contributed by atoms with Gasteiger partial charge in [0.25, 0.3) is 0 Å². The van der Waals surface area contributed by atoms with E-state index in [1.807, 2.05) is 0 Å². The van der Waals surface area contributed by atoms with E-state index in [0.29, 0.717) is 5.92 Å². The van der Waals surface area contributed by atoms with Crippen LogP contribution in [0.2, 0.25) is 0 Å². The van der Waals surface area contributed by atoms with Gasteiger partial charge in [-0.15, -0.1) is 0 Å². The maximum Gasteiger partial charge on any atom is 0.0420 e. The summed E-state index contributed by atoms with van der Waals surface area (Å²) >= 11 is 0. The second kappa shape index (κ2) is 6.98. The number of likely N-dealkylation sites (N-methyl/N-ethyl adjacent to an activating group) is 1. The van der Waals surface area contributed by atoms with E-state index in [2.05, 4.69) is 61.3 Å². The molecule has 0 saturated heterocycles. The SMILES string of the molecule is CC(C)CN(CCN(C)C)c1cccc2c1CCCN2. The topological polar surface area (TPSA) is 18.5 Å². The Morgan fingerprint density at radius 3 is 2.70 bits per heavy atom. The lowest BCUT2D eigenvalue weighted by atomic mass is 10.00. The molecule has 1 N–H and O–H groups in total. The number of hydrogen-bond donors (Lipinski definition) is 1. The molecule has 1 aliphatic rings. The van der Waals surface area contributed by atoms with Gasteiger partial charge in [0.15, 0.2) is 0 Å². The summed E-state index contributed by atoms with van der Waals surface area (Å²) in [5, 5.41) is 3.54. The summed E-state index contributed by atoms with van der Waals surface area (Å²) in [7, 11) is 4.30. The van der Waals surface area contributed by atoms with Crippen LogP contribution in [0.25, 0.3) is 0 Å². The standard InChI is InChI=1S/C17H29N3/c1-14(2)13-20(12-11-19(3)4)17-9-5-8-16-15(17)7-6-10-18-16/h5,8-9,14,18H,6-7,10-13H2,1-4H3. The molecule has 0 aromatic heterocycles. The predicted molar refractivity (Wildman–Crippen MR) is 88.9 cm³/mol. The van der Waals surface area contributed by atoms with Crippen molar-refractivity contribution in [2.45, 2.75) is 26.7 Å². The molecule has 1 aromatic rings. The van der Waals surface area contributed by atoms with Gasteiger partial charge in [-0.2, -0.15) is 0 Å². The smallest absolute Gasteiger partial charge is 0.0420 e. The predicted octanol–water partition coefficient (Wildman–Crippen LogP) is 3.07. The highest BCUT2D eigenvalue weighted by atomic mass is 15.2. The van der Waals surface area contributed by atoms with Crippen LogP contribution in [0.1, 0.15) is 25.8 Å². The Morgan fingerprint density at radius 1 is 1.20 bits per heavy atom. The zero-order valence-electron chi connectivity index (χ0n) is 13.4. The molecule has 3 nitrogen and oxygen atoms in total. The van der Waals surface area contributed by atoms with Crippen LogP contribution in [0.5, 0.6) is 0 Å². The van der Waals surface area contributed by atoms with E-state index in [9.17, 15) is 0 Å². The Labute approximate surface area is 124 Å². The summed E-state index contributed by atoms with van der Waals surface area (Å²) in [5.41, 5.74) is 4.29. The molecule has 0 fully saturated rings. The van der Waals surface area contributed by atoms with Crippen molar-refractivity contribution in [1.82, 2.24) is 4.90 Å². The maximum atomic E-state index is 3.54. The van der Waals surface area contributed by atoms with Crippen LogP contribution in [0.3, 0.4) is 0 Å². The molecule has 1 aromatic carbocycles. The van der Waals surface area contributed by atoms with E-state index in [4.69, 9.17) is 0 Å². The minimum absolute atomic E-state index is 0.685. The normalized spacial score (nSPS) is 14.3. The largest absolute Gasteiger partial charge is 0.385 e. The van der Waals surface area contributed by atoms with Gasteiger partial charge in [0.05, 0.1) is 0 Å². The summed E-state index contributed by atoms with van der Waals surface area (Å²) in [6.07, 6.45) is 2.45. The van der Waals surface area contributed by atoms with Gasteiger partial charge in [0.1, 0.15) is 0 Å². The van der Waals surface area contributed by atoms with Crippen LogP contribution in [0.4, 0.5) is 11.4 Å². The lowest BCUT2D eigenvalue weighted by Gasteiger charge is -2.32. The van der Waals surface area contributed by atoms with E-state index in [1.165, 1.54) is 29.8 Å². The third-order valence-corrected chi connectivity index (χ3v) is 3.81. The molecule has 3 heteroatoms. The van der Waals surface area contributed by atoms with Crippen molar-refractivity contribution >= 4 is 11.4 Å². The Balaban J connectivity index is 2.23. The number of anilines is 2. The second-order valence-electron chi connectivity index (χ2n) is 6.48. The zero-order chi connectivity index (χ0) is 14.5. The molecular weight excluding hydrogens is 246 g/mol. The summed E-state index contributed by atoms with van der Waals surface area (Å²) in [4.78, 5) is 4.83. The van der Waals surface area contributed by atoms with Gasteiger partial charge in [0, 0.05) is 37.6 Å². The van der Waals surface area contributed by atoms with Crippen molar-refractivity contribution < 1.29 is 0 Å². The monoisotopic (exact) mass is 275 g/mol. The fraction of sp³-hybridized carbons (Fsp3) is 0.647. The quantitative estimate of drug-likeness (QED) is 0.861. The fourth-order valence-corrected chi connectivity index (χ4v) is 2.86. The van der Waals surface area contributed by atoms with E-state index >= 15 is 0 Å². The summed E-state index contributed by atoms with van der Waals surface area (Å²) < 4.78 is 0. The fourth-order valence-electron chi connectivity index (χ4n) is 2.86. The Kier molecular flexibility index (Phi) is 5.30. The first kappa shape index (κ1) is 15.2. The number of nitrogens with one attached hydrogen (secondary N) is 1. The Hall–Kier alpha value is -1.22. The van der Waals surface area contributed by atoms with Gasteiger partial charge >= 0.3 is 0 Å². The van der Waals surface area contributed by atoms with Crippen molar-refractivity contribution in [2.75, 3.05) is 50.5 Å². The van der Waals surface area contributed by atoms with Gasteiger partial charge < -0.3 is 15.1 Å². The highest BCUT2D eigenvalue weighted by Crippen LogP contribution is 2.31. The Bertz CT molecular complexity index is 426. The lowest BCUT2D eigenvalue weighted by molar-refractivity contribution is 0.409. The van der Waals surface area contributed by atoms with E-state index in [0.717, 1.165) is 26.2 Å². The molecule has 20 heavy (non-hydrogen) atoms. The molecular formula is C17H29N3. The highest BCUT2D eigenvalue weighted by Gasteiger charge is 2.17. The summed E-state index contributed by atoms with van der Waals surface area (Å²) in [6.45, 7) is 9.04. The van der Waals surface area contributed by atoms with Crippen LogP contribution in [0, 0.1) is 5.92 Å². The van der Waals surface area contributed by atoms with E-state index in [-0.39, 0.29) is 0 Å². The number of nitrogens with zero attached hydrogens (tertiary/aromatic N) is 2. The molecule has 112 valence electrons. The molecule has 0 aliphatic carbocycles. The number of fused-ring (bicyclic) bond motifs is 1. The maximum absolute atomic E-state index is 3.54. The van der Waals surface area contributed by atoms with Gasteiger partial charge in [-0.1, -0.05) is 19.9 Å². The van der Waals surface area contributed by atoms with Crippen molar-refractivity contribution in [3.05, 3.63) is 23.8 Å². The molecule has 0 bridgehead atoms. The molecule has 0 amide bonds. The molecule has 0 saturated carbocycles. The van der Waals surface area contributed by atoms with Crippen LogP contribution in [0.15, 0.2) is 18.2 Å². The number of benzene rings is 1. The first-order chi connectivity index (χ1) is 9.58. The average molecular weight is 275 g/mol. The van der Waals surface area contributed by atoms with Crippen LogP contribution in [-0.2, 0) is 6.42 Å². The number of hydrogen-bond acceptors (Lipinski definition) is 3. The molecule has 1 heterocycles. The van der Waals surface area contributed by atoms with Crippen LogP contribution >= 0.6 is 0 Å². The highest BCUT2D eigenvalue weighted by molar-refractivity contribution is 5.68. The molecule has 2 rings (SSSR count). The zero-order valence-corrected chi connectivity index (χ0v) is 13.4. The van der Waals surface area contributed by atoms with E-state index < -0.39 is 0 Å².